The van der Waals surface area contributed by atoms with Gasteiger partial charge in [0.2, 0.25) is 0 Å². The van der Waals surface area contributed by atoms with Gasteiger partial charge in [0.05, 0.1) is 0 Å². The first-order chi connectivity index (χ1) is 7.68. The molecule has 0 amide bonds. The molecule has 2 rings (SSSR count). The fourth-order valence-corrected chi connectivity index (χ4v) is 2.88. The number of nitrogens with one attached hydrogen (secondary N) is 1. The van der Waals surface area contributed by atoms with Crippen LogP contribution in [-0.2, 0) is 6.54 Å². The molecule has 1 aromatic heterocycles. The van der Waals surface area contributed by atoms with Crippen molar-refractivity contribution in [3.8, 4) is 0 Å². The first-order valence-corrected chi connectivity index (χ1v) is 6.77. The molecule has 0 unspecified atom stereocenters. The zero-order valence-electron chi connectivity index (χ0n) is 9.80. The summed E-state index contributed by atoms with van der Waals surface area (Å²) in [6.07, 6.45) is 9.29. The zero-order chi connectivity index (χ0) is 11.4. The van der Waals surface area contributed by atoms with Crippen LogP contribution in [0.4, 0.5) is 0 Å². The van der Waals surface area contributed by atoms with E-state index in [4.69, 9.17) is 0 Å². The van der Waals surface area contributed by atoms with Gasteiger partial charge in [-0.05, 0) is 45.8 Å². The molecule has 0 radical (unpaired) electrons. The van der Waals surface area contributed by atoms with Gasteiger partial charge in [0.15, 0.2) is 0 Å². The number of halogens is 1. The van der Waals surface area contributed by atoms with Gasteiger partial charge in [-0.3, -0.25) is 4.98 Å². The van der Waals surface area contributed by atoms with Gasteiger partial charge >= 0.3 is 0 Å². The minimum absolute atomic E-state index is 0.527. The summed E-state index contributed by atoms with van der Waals surface area (Å²) in [6.45, 7) is 4.44. The van der Waals surface area contributed by atoms with Crippen LogP contribution in [0.15, 0.2) is 22.9 Å². The quantitative estimate of drug-likeness (QED) is 0.914. The SMILES string of the molecule is CC1(CNCc2cncc(Br)c2)CCCC1. The summed E-state index contributed by atoms with van der Waals surface area (Å²) >= 11 is 3.44. The van der Waals surface area contributed by atoms with E-state index in [9.17, 15) is 0 Å². The molecule has 0 atom stereocenters. The lowest BCUT2D eigenvalue weighted by Gasteiger charge is -2.23. The van der Waals surface area contributed by atoms with Crippen molar-refractivity contribution in [3.05, 3.63) is 28.5 Å². The second-order valence-corrected chi connectivity index (χ2v) is 6.05. The Kier molecular flexibility index (Phi) is 3.98. The molecular formula is C13H19BrN2. The zero-order valence-corrected chi connectivity index (χ0v) is 11.4. The highest BCUT2D eigenvalue weighted by molar-refractivity contribution is 9.10. The first-order valence-electron chi connectivity index (χ1n) is 5.98. The molecule has 3 heteroatoms. The lowest BCUT2D eigenvalue weighted by molar-refractivity contribution is 0.314. The predicted octanol–water partition coefficient (Wildman–Crippen LogP) is 3.51. The summed E-state index contributed by atoms with van der Waals surface area (Å²) in [5.41, 5.74) is 1.77. The molecule has 0 aromatic carbocycles. The number of aromatic nitrogens is 1. The standard InChI is InChI=1S/C13H19BrN2/c1-13(4-2-3-5-13)10-16-8-11-6-12(14)9-15-7-11/h6-7,9,16H,2-5,8,10H2,1H3. The van der Waals surface area contributed by atoms with E-state index in [-0.39, 0.29) is 0 Å². The predicted molar refractivity (Wildman–Crippen MR) is 70.2 cm³/mol. The van der Waals surface area contributed by atoms with Crippen LogP contribution >= 0.6 is 15.9 Å². The third kappa shape index (κ3) is 3.29. The second kappa shape index (κ2) is 5.28. The molecule has 1 fully saturated rings. The topological polar surface area (TPSA) is 24.9 Å². The van der Waals surface area contributed by atoms with E-state index in [1.165, 1.54) is 31.2 Å². The molecule has 0 aliphatic heterocycles. The highest BCUT2D eigenvalue weighted by Crippen LogP contribution is 2.36. The highest BCUT2D eigenvalue weighted by atomic mass is 79.9. The van der Waals surface area contributed by atoms with Crippen molar-refractivity contribution >= 4 is 15.9 Å². The number of hydrogen-bond acceptors (Lipinski definition) is 2. The number of nitrogens with zero attached hydrogens (tertiary/aromatic N) is 1. The third-order valence-electron chi connectivity index (χ3n) is 3.45. The Balaban J connectivity index is 1.79. The molecule has 1 saturated carbocycles. The summed E-state index contributed by atoms with van der Waals surface area (Å²) in [6, 6.07) is 2.12. The van der Waals surface area contributed by atoms with Gasteiger partial charge in [0.1, 0.15) is 0 Å². The smallest absolute Gasteiger partial charge is 0.0410 e. The Hall–Kier alpha value is -0.410. The van der Waals surface area contributed by atoms with Gasteiger partial charge in [0.25, 0.3) is 0 Å². The molecule has 1 heterocycles. The minimum Gasteiger partial charge on any atom is -0.312 e. The molecule has 2 nitrogen and oxygen atoms in total. The number of rotatable bonds is 4. The fraction of sp³-hybridized carbons (Fsp3) is 0.615. The normalized spacial score (nSPS) is 18.9. The van der Waals surface area contributed by atoms with E-state index in [0.717, 1.165) is 17.6 Å². The molecule has 0 saturated heterocycles. The van der Waals surface area contributed by atoms with Crippen molar-refractivity contribution in [3.63, 3.8) is 0 Å². The van der Waals surface area contributed by atoms with Crippen LogP contribution in [0, 0.1) is 5.41 Å². The van der Waals surface area contributed by atoms with Gasteiger partial charge in [-0.2, -0.15) is 0 Å². The fourth-order valence-electron chi connectivity index (χ4n) is 2.47. The van der Waals surface area contributed by atoms with Crippen molar-refractivity contribution in [1.82, 2.24) is 10.3 Å². The van der Waals surface area contributed by atoms with Gasteiger partial charge in [-0.1, -0.05) is 19.8 Å². The summed E-state index contributed by atoms with van der Waals surface area (Å²) < 4.78 is 1.05. The average molecular weight is 283 g/mol. The van der Waals surface area contributed by atoms with Crippen molar-refractivity contribution in [2.24, 2.45) is 5.41 Å². The van der Waals surface area contributed by atoms with Gasteiger partial charge in [-0.15, -0.1) is 0 Å². The molecular weight excluding hydrogens is 264 g/mol. The summed E-state index contributed by atoms with van der Waals surface area (Å²) in [5.74, 6) is 0. The Labute approximate surface area is 106 Å². The summed E-state index contributed by atoms with van der Waals surface area (Å²) in [7, 11) is 0. The van der Waals surface area contributed by atoms with Crippen LogP contribution in [-0.4, -0.2) is 11.5 Å². The third-order valence-corrected chi connectivity index (χ3v) is 3.89. The molecule has 1 aromatic rings. The molecule has 1 N–H and O–H groups in total. The molecule has 16 heavy (non-hydrogen) atoms. The maximum absolute atomic E-state index is 4.17. The van der Waals surface area contributed by atoms with Gasteiger partial charge in [-0.25, -0.2) is 0 Å². The van der Waals surface area contributed by atoms with E-state index < -0.39 is 0 Å². The Morgan fingerprint density at radius 3 is 2.81 bits per heavy atom. The maximum Gasteiger partial charge on any atom is 0.0410 e. The molecule has 88 valence electrons. The van der Waals surface area contributed by atoms with Crippen LogP contribution in [0.25, 0.3) is 0 Å². The van der Waals surface area contributed by atoms with Crippen LogP contribution in [0.1, 0.15) is 38.2 Å². The molecule has 0 bridgehead atoms. The Bertz CT molecular complexity index is 346. The Morgan fingerprint density at radius 1 is 1.38 bits per heavy atom. The average Bonchev–Trinajstić information content (AvgIpc) is 2.65. The van der Waals surface area contributed by atoms with E-state index in [0.29, 0.717) is 5.41 Å². The van der Waals surface area contributed by atoms with E-state index in [2.05, 4.69) is 39.2 Å². The van der Waals surface area contributed by atoms with Gasteiger partial charge < -0.3 is 5.32 Å². The van der Waals surface area contributed by atoms with Crippen LogP contribution < -0.4 is 5.32 Å². The van der Waals surface area contributed by atoms with Crippen molar-refractivity contribution in [2.75, 3.05) is 6.54 Å². The lowest BCUT2D eigenvalue weighted by atomic mass is 9.89. The van der Waals surface area contributed by atoms with Crippen LogP contribution in [0.2, 0.25) is 0 Å². The summed E-state index contributed by atoms with van der Waals surface area (Å²) in [4.78, 5) is 4.17. The van der Waals surface area contributed by atoms with Crippen molar-refractivity contribution in [1.29, 1.82) is 0 Å². The van der Waals surface area contributed by atoms with E-state index in [1.807, 2.05) is 12.4 Å². The molecule has 1 aliphatic carbocycles. The maximum atomic E-state index is 4.17. The van der Waals surface area contributed by atoms with Crippen LogP contribution in [0.5, 0.6) is 0 Å². The van der Waals surface area contributed by atoms with Crippen molar-refractivity contribution < 1.29 is 0 Å². The molecule has 1 aliphatic rings. The highest BCUT2D eigenvalue weighted by Gasteiger charge is 2.27. The second-order valence-electron chi connectivity index (χ2n) is 5.13. The van der Waals surface area contributed by atoms with Crippen LogP contribution in [0.3, 0.4) is 0 Å². The molecule has 0 spiro atoms. The Morgan fingerprint density at radius 2 is 2.12 bits per heavy atom. The minimum atomic E-state index is 0.527. The van der Waals surface area contributed by atoms with E-state index in [1.54, 1.807) is 0 Å². The number of pyridine rings is 1. The van der Waals surface area contributed by atoms with Gasteiger partial charge in [0, 0.05) is 30.0 Å². The largest absolute Gasteiger partial charge is 0.312 e. The summed E-state index contributed by atoms with van der Waals surface area (Å²) in [5, 5.41) is 3.55. The first kappa shape index (κ1) is 12.1. The lowest BCUT2D eigenvalue weighted by Crippen LogP contribution is -2.29. The number of hydrogen-bond donors (Lipinski definition) is 1. The monoisotopic (exact) mass is 282 g/mol. The van der Waals surface area contributed by atoms with Crippen molar-refractivity contribution in [2.45, 2.75) is 39.2 Å². The van der Waals surface area contributed by atoms with E-state index >= 15 is 0 Å².